The van der Waals surface area contributed by atoms with Crippen molar-refractivity contribution in [3.05, 3.63) is 117 Å². The van der Waals surface area contributed by atoms with Crippen LogP contribution in [0.2, 0.25) is 0 Å². The molecular weight excluding hydrogens is 666 g/mol. The lowest BCUT2D eigenvalue weighted by molar-refractivity contribution is -0.138. The summed E-state index contributed by atoms with van der Waals surface area (Å²) in [7, 11) is 0. The molecule has 3 aromatic heterocycles. The van der Waals surface area contributed by atoms with Crippen molar-refractivity contribution in [3.63, 3.8) is 0 Å². The Hall–Kier alpha value is -6.85. The summed E-state index contributed by atoms with van der Waals surface area (Å²) in [5.41, 5.74) is 3.95. The molecule has 13 nitrogen and oxygen atoms in total. The number of ether oxygens (including phenoxy) is 2. The van der Waals surface area contributed by atoms with Gasteiger partial charge in [-0.05, 0) is 56.3 Å². The minimum Gasteiger partial charge on any atom is -0.480 e. The zero-order chi connectivity index (χ0) is 37.3. The molecule has 0 aliphatic heterocycles. The second-order valence-corrected chi connectivity index (χ2v) is 11.1. The summed E-state index contributed by atoms with van der Waals surface area (Å²) < 4.78 is 10.0. The number of rotatable bonds is 16. The third-order valence-corrected chi connectivity index (χ3v) is 6.94. The Labute approximate surface area is 300 Å². The van der Waals surface area contributed by atoms with Crippen LogP contribution in [0.1, 0.15) is 69.4 Å². The van der Waals surface area contributed by atoms with E-state index in [1.54, 1.807) is 47.9 Å². The second kappa shape index (κ2) is 19.4. The number of benzene rings is 1. The van der Waals surface area contributed by atoms with Gasteiger partial charge in [0.15, 0.2) is 0 Å². The lowest BCUT2D eigenvalue weighted by Gasteiger charge is -2.22. The summed E-state index contributed by atoms with van der Waals surface area (Å²) in [4.78, 5) is 62.7. The van der Waals surface area contributed by atoms with Gasteiger partial charge in [-0.3, -0.25) is 29.2 Å². The average Bonchev–Trinajstić information content (AvgIpc) is 3.10. The minimum absolute atomic E-state index is 0.0222. The number of carbonyl (C=O) groups excluding carboxylic acids is 2. The first-order valence-electron chi connectivity index (χ1n) is 15.7. The maximum Gasteiger partial charge on any atom is 0.354 e. The number of aliphatic carboxylic acids is 1. The van der Waals surface area contributed by atoms with Gasteiger partial charge in [-0.2, -0.15) is 0 Å². The molecule has 13 heteroatoms. The van der Waals surface area contributed by atoms with Crippen molar-refractivity contribution < 1.29 is 38.9 Å². The normalized spacial score (nSPS) is 10.2. The quantitative estimate of drug-likeness (QED) is 0.0990. The molecule has 0 radical (unpaired) electrons. The van der Waals surface area contributed by atoms with Gasteiger partial charge < -0.3 is 19.7 Å². The van der Waals surface area contributed by atoms with Gasteiger partial charge in [0, 0.05) is 54.5 Å². The van der Waals surface area contributed by atoms with Crippen LogP contribution in [0.25, 0.3) is 0 Å². The summed E-state index contributed by atoms with van der Waals surface area (Å²) in [5.74, 6) is 15.3. The van der Waals surface area contributed by atoms with Gasteiger partial charge in [0.25, 0.3) is 12.9 Å². The topological polar surface area (TPSA) is 172 Å². The first-order chi connectivity index (χ1) is 25.2. The molecule has 3 heterocycles. The van der Waals surface area contributed by atoms with Crippen LogP contribution in [0, 0.1) is 35.5 Å². The van der Waals surface area contributed by atoms with Crippen LogP contribution < -0.4 is 4.74 Å². The van der Waals surface area contributed by atoms with Gasteiger partial charge in [-0.25, -0.2) is 14.8 Å². The predicted molar refractivity (Wildman–Crippen MR) is 187 cm³/mol. The third-order valence-electron chi connectivity index (χ3n) is 6.94. The Morgan fingerprint density at radius 2 is 1.21 bits per heavy atom. The first-order valence-corrected chi connectivity index (χ1v) is 15.7. The van der Waals surface area contributed by atoms with E-state index in [-0.39, 0.29) is 57.5 Å². The van der Waals surface area contributed by atoms with Crippen LogP contribution in [-0.4, -0.2) is 73.1 Å². The molecule has 262 valence electrons. The van der Waals surface area contributed by atoms with Crippen molar-refractivity contribution in [1.29, 1.82) is 0 Å². The van der Waals surface area contributed by atoms with Crippen molar-refractivity contribution in [1.82, 2.24) is 24.8 Å². The SMILES string of the molecule is CC#Cc1cc(CN(CC(=O)O)Cc2cc(C#Cc3ccccc3)cc(CN(COC=O)Cc3cc(C#CC)cc(C(=O)O)n3)n2)nc(OC=O)c1. The van der Waals surface area contributed by atoms with Crippen LogP contribution in [0.15, 0.2) is 66.7 Å². The highest BCUT2D eigenvalue weighted by Crippen LogP contribution is 2.18. The van der Waals surface area contributed by atoms with Gasteiger partial charge in [-0.1, -0.05) is 41.9 Å². The van der Waals surface area contributed by atoms with Crippen molar-refractivity contribution in [2.24, 2.45) is 0 Å². The summed E-state index contributed by atoms with van der Waals surface area (Å²) in [6.07, 6.45) is 0. The number of hydrogen-bond donors (Lipinski definition) is 2. The molecule has 0 fully saturated rings. The van der Waals surface area contributed by atoms with Crippen LogP contribution in [0.4, 0.5) is 0 Å². The van der Waals surface area contributed by atoms with E-state index in [1.807, 2.05) is 30.3 Å². The maximum absolute atomic E-state index is 12.0. The van der Waals surface area contributed by atoms with E-state index in [1.165, 1.54) is 12.1 Å². The fourth-order valence-electron chi connectivity index (χ4n) is 5.07. The molecule has 0 saturated carbocycles. The molecular formula is C39H33N5O8. The highest BCUT2D eigenvalue weighted by atomic mass is 16.5. The molecule has 0 bridgehead atoms. The summed E-state index contributed by atoms with van der Waals surface area (Å²) >= 11 is 0. The number of carboxylic acid groups (broad SMARTS) is 2. The van der Waals surface area contributed by atoms with Crippen molar-refractivity contribution in [2.45, 2.75) is 40.0 Å². The number of aromatic nitrogens is 3. The van der Waals surface area contributed by atoms with Crippen molar-refractivity contribution in [3.8, 4) is 41.4 Å². The standard InChI is InChI=1S/C39H33N5O8/c1-3-8-29-14-34(41-36(18-29)39(49)50)23-44(25-51-26-45)22-33-17-31(13-12-28-10-6-5-7-11-28)16-32(40-33)20-43(24-38(47)48)21-35-15-30(9-4-2)19-37(42-35)52-27-46/h5-7,10-11,14-19,26-27H,20-25H2,1-2H3,(H,47,48)(H,49,50). The largest absolute Gasteiger partial charge is 0.480 e. The molecule has 1 aromatic carbocycles. The lowest BCUT2D eigenvalue weighted by Crippen LogP contribution is -2.30. The summed E-state index contributed by atoms with van der Waals surface area (Å²) in [5, 5.41) is 19.4. The number of carboxylic acids is 2. The van der Waals surface area contributed by atoms with E-state index in [4.69, 9.17) is 14.5 Å². The van der Waals surface area contributed by atoms with E-state index in [2.05, 4.69) is 45.5 Å². The summed E-state index contributed by atoms with van der Waals surface area (Å²) in [6.45, 7) is 3.57. The lowest BCUT2D eigenvalue weighted by atomic mass is 10.1. The highest BCUT2D eigenvalue weighted by Gasteiger charge is 2.18. The molecule has 2 N–H and O–H groups in total. The predicted octanol–water partition coefficient (Wildman–Crippen LogP) is 3.47. The Balaban J connectivity index is 1.72. The van der Waals surface area contributed by atoms with Crippen LogP contribution >= 0.6 is 0 Å². The maximum atomic E-state index is 12.0. The van der Waals surface area contributed by atoms with E-state index < -0.39 is 11.9 Å². The van der Waals surface area contributed by atoms with Gasteiger partial charge in [0.2, 0.25) is 5.88 Å². The monoisotopic (exact) mass is 699 g/mol. The van der Waals surface area contributed by atoms with Crippen LogP contribution in [0.5, 0.6) is 5.88 Å². The van der Waals surface area contributed by atoms with Gasteiger partial charge in [0.05, 0.1) is 29.3 Å². The third kappa shape index (κ3) is 12.2. The van der Waals surface area contributed by atoms with E-state index in [0.29, 0.717) is 45.9 Å². The Morgan fingerprint density at radius 3 is 1.77 bits per heavy atom. The smallest absolute Gasteiger partial charge is 0.354 e. The summed E-state index contributed by atoms with van der Waals surface area (Å²) in [6, 6.07) is 19.1. The molecule has 0 aliphatic carbocycles. The van der Waals surface area contributed by atoms with Crippen molar-refractivity contribution in [2.75, 3.05) is 13.3 Å². The molecule has 0 saturated heterocycles. The second-order valence-electron chi connectivity index (χ2n) is 11.1. The van der Waals surface area contributed by atoms with Gasteiger partial charge in [-0.15, -0.1) is 11.8 Å². The number of pyridine rings is 3. The van der Waals surface area contributed by atoms with Crippen LogP contribution in [-0.2, 0) is 45.3 Å². The zero-order valence-corrected chi connectivity index (χ0v) is 28.3. The Kier molecular flexibility index (Phi) is 14.1. The zero-order valence-electron chi connectivity index (χ0n) is 28.3. The average molecular weight is 700 g/mol. The Bertz CT molecular complexity index is 2120. The molecule has 52 heavy (non-hydrogen) atoms. The molecule has 0 unspecified atom stereocenters. The highest BCUT2D eigenvalue weighted by molar-refractivity contribution is 5.85. The van der Waals surface area contributed by atoms with Gasteiger partial charge in [0.1, 0.15) is 12.4 Å². The van der Waals surface area contributed by atoms with Crippen LogP contribution in [0.3, 0.4) is 0 Å². The minimum atomic E-state index is -1.22. The van der Waals surface area contributed by atoms with E-state index in [9.17, 15) is 29.4 Å². The molecule has 0 atom stereocenters. The number of hydrogen-bond acceptors (Lipinski definition) is 11. The van der Waals surface area contributed by atoms with Crippen molar-refractivity contribution >= 4 is 24.9 Å². The van der Waals surface area contributed by atoms with E-state index in [0.717, 1.165) is 5.56 Å². The van der Waals surface area contributed by atoms with E-state index >= 15 is 0 Å². The fourth-order valence-corrected chi connectivity index (χ4v) is 5.07. The molecule has 0 spiro atoms. The van der Waals surface area contributed by atoms with Gasteiger partial charge >= 0.3 is 11.9 Å². The fraction of sp³-hybridized carbons (Fsp3) is 0.205. The number of carbonyl (C=O) groups is 4. The Morgan fingerprint density at radius 1 is 0.673 bits per heavy atom. The molecule has 4 aromatic rings. The molecule has 0 amide bonds. The number of aromatic carboxylic acids is 1. The molecule has 4 rings (SSSR count). The number of nitrogens with zero attached hydrogens (tertiary/aromatic N) is 5. The first kappa shape index (κ1) is 38.0. The molecule has 0 aliphatic rings.